The molecule has 0 atom stereocenters. The number of aromatic nitrogens is 1. The lowest BCUT2D eigenvalue weighted by atomic mass is 10.2. The van der Waals surface area contributed by atoms with Gasteiger partial charge in [0.05, 0.1) is 17.3 Å². The maximum atomic E-state index is 12.2. The number of ether oxygens (including phenoxy) is 1. The number of amides is 1. The van der Waals surface area contributed by atoms with Gasteiger partial charge in [0.2, 0.25) is 0 Å². The van der Waals surface area contributed by atoms with Gasteiger partial charge in [-0.05, 0) is 24.3 Å². The Hall–Kier alpha value is -2.60. The monoisotopic (exact) mass is 314 g/mol. The van der Waals surface area contributed by atoms with Crippen LogP contribution < -0.4 is 10.1 Å². The van der Waals surface area contributed by atoms with Crippen molar-refractivity contribution in [2.24, 2.45) is 0 Å². The molecule has 22 heavy (non-hydrogen) atoms. The molecule has 1 amide bonds. The highest BCUT2D eigenvalue weighted by atomic mass is 32.1. The van der Waals surface area contributed by atoms with Crippen molar-refractivity contribution in [2.75, 3.05) is 7.11 Å². The molecule has 1 aromatic heterocycles. The maximum Gasteiger partial charge on any atom is 0.280 e. The summed E-state index contributed by atoms with van der Waals surface area (Å²) >= 11 is 1.25. The van der Waals surface area contributed by atoms with Crippen molar-refractivity contribution in [3.05, 3.63) is 53.0 Å². The summed E-state index contributed by atoms with van der Waals surface area (Å²) in [5.74, 6) is 0.653. The summed E-state index contributed by atoms with van der Waals surface area (Å²) in [5, 5.41) is 12.7. The van der Waals surface area contributed by atoms with Crippen LogP contribution in [-0.4, -0.2) is 23.1 Å². The second kappa shape index (κ2) is 6.03. The third kappa shape index (κ3) is 2.87. The normalized spacial score (nSPS) is 10.6. The highest BCUT2D eigenvalue weighted by Crippen LogP contribution is 2.25. The molecule has 0 bridgehead atoms. The Labute approximate surface area is 131 Å². The number of phenols is 1. The molecule has 112 valence electrons. The first-order valence-electron chi connectivity index (χ1n) is 6.67. The number of aromatic hydroxyl groups is 1. The molecule has 1 heterocycles. The number of carbonyl (C=O) groups excluding carboxylic acids is 1. The van der Waals surface area contributed by atoms with Gasteiger partial charge in [-0.2, -0.15) is 0 Å². The molecule has 0 fully saturated rings. The summed E-state index contributed by atoms with van der Waals surface area (Å²) in [5.41, 5.74) is 1.60. The molecule has 0 aliphatic rings. The van der Waals surface area contributed by atoms with E-state index in [4.69, 9.17) is 4.74 Å². The summed E-state index contributed by atoms with van der Waals surface area (Å²) in [6.45, 7) is 0.365. The van der Waals surface area contributed by atoms with Crippen LogP contribution >= 0.6 is 11.3 Å². The zero-order valence-corrected chi connectivity index (χ0v) is 12.7. The van der Waals surface area contributed by atoms with Gasteiger partial charge in [0.1, 0.15) is 11.5 Å². The first kappa shape index (κ1) is 14.3. The SMILES string of the molecule is COc1ccccc1CNC(=O)c1nc2ccc(O)cc2s1. The van der Waals surface area contributed by atoms with E-state index in [2.05, 4.69) is 10.3 Å². The average molecular weight is 314 g/mol. The Morgan fingerprint density at radius 3 is 2.95 bits per heavy atom. The van der Waals surface area contributed by atoms with Crippen molar-refractivity contribution in [1.82, 2.24) is 10.3 Å². The van der Waals surface area contributed by atoms with E-state index in [9.17, 15) is 9.90 Å². The molecule has 2 aromatic carbocycles. The third-order valence-electron chi connectivity index (χ3n) is 3.20. The number of para-hydroxylation sites is 1. The maximum absolute atomic E-state index is 12.2. The number of nitrogens with zero attached hydrogens (tertiary/aromatic N) is 1. The minimum absolute atomic E-state index is 0.164. The first-order valence-corrected chi connectivity index (χ1v) is 7.48. The molecule has 3 aromatic rings. The summed E-state index contributed by atoms with van der Waals surface area (Å²) in [4.78, 5) is 16.5. The van der Waals surface area contributed by atoms with Crippen molar-refractivity contribution >= 4 is 27.5 Å². The van der Waals surface area contributed by atoms with Crippen LogP contribution in [0.15, 0.2) is 42.5 Å². The number of thiazole rings is 1. The third-order valence-corrected chi connectivity index (χ3v) is 4.22. The van der Waals surface area contributed by atoms with E-state index in [1.54, 1.807) is 25.3 Å². The van der Waals surface area contributed by atoms with Crippen LogP contribution in [0.3, 0.4) is 0 Å². The number of benzene rings is 2. The van der Waals surface area contributed by atoms with Crippen molar-refractivity contribution in [1.29, 1.82) is 0 Å². The molecule has 0 radical (unpaired) electrons. The van der Waals surface area contributed by atoms with Crippen LogP contribution in [0.5, 0.6) is 11.5 Å². The summed E-state index contributed by atoms with van der Waals surface area (Å²) in [7, 11) is 1.60. The lowest BCUT2D eigenvalue weighted by Crippen LogP contribution is -2.22. The zero-order valence-electron chi connectivity index (χ0n) is 11.9. The zero-order chi connectivity index (χ0) is 15.5. The summed E-state index contributed by atoms with van der Waals surface area (Å²) in [6, 6.07) is 12.4. The highest BCUT2D eigenvalue weighted by molar-refractivity contribution is 7.20. The predicted octanol–water partition coefficient (Wildman–Crippen LogP) is 2.94. The van der Waals surface area contributed by atoms with Gasteiger partial charge in [-0.25, -0.2) is 4.98 Å². The molecule has 0 aliphatic heterocycles. The standard InChI is InChI=1S/C16H14N2O3S/c1-21-13-5-3-2-4-10(13)9-17-15(20)16-18-12-7-6-11(19)8-14(12)22-16/h2-8,19H,9H2,1H3,(H,17,20). The lowest BCUT2D eigenvalue weighted by molar-refractivity contribution is 0.0950. The van der Waals surface area contributed by atoms with Gasteiger partial charge >= 0.3 is 0 Å². The molecule has 5 nitrogen and oxygen atoms in total. The van der Waals surface area contributed by atoms with Gasteiger partial charge in [-0.15, -0.1) is 11.3 Å². The van der Waals surface area contributed by atoms with Gasteiger partial charge in [0, 0.05) is 12.1 Å². The van der Waals surface area contributed by atoms with Crippen LogP contribution in [0.2, 0.25) is 0 Å². The molecule has 6 heteroatoms. The average Bonchev–Trinajstić information content (AvgIpc) is 2.96. The van der Waals surface area contributed by atoms with Gasteiger partial charge in [-0.1, -0.05) is 18.2 Å². The second-order valence-corrected chi connectivity index (χ2v) is 5.70. The smallest absolute Gasteiger partial charge is 0.280 e. The molecule has 0 saturated carbocycles. The molecule has 0 unspecified atom stereocenters. The fourth-order valence-electron chi connectivity index (χ4n) is 2.11. The van der Waals surface area contributed by atoms with Crippen molar-refractivity contribution in [3.8, 4) is 11.5 Å². The molecule has 0 saturated heterocycles. The molecular weight excluding hydrogens is 300 g/mol. The van der Waals surface area contributed by atoms with Gasteiger partial charge in [0.15, 0.2) is 5.01 Å². The number of phenolic OH excluding ortho intramolecular Hbond substituents is 1. The van der Waals surface area contributed by atoms with Gasteiger partial charge in [-0.3, -0.25) is 4.79 Å². The van der Waals surface area contributed by atoms with E-state index >= 15 is 0 Å². The van der Waals surface area contributed by atoms with Gasteiger partial charge in [0.25, 0.3) is 5.91 Å². The number of carbonyl (C=O) groups is 1. The van der Waals surface area contributed by atoms with Crippen LogP contribution in [0, 0.1) is 0 Å². The quantitative estimate of drug-likeness (QED) is 0.776. The van der Waals surface area contributed by atoms with Crippen LogP contribution in [0.4, 0.5) is 0 Å². The lowest BCUT2D eigenvalue weighted by Gasteiger charge is -2.08. The largest absolute Gasteiger partial charge is 0.508 e. The Morgan fingerprint density at radius 2 is 2.14 bits per heavy atom. The Morgan fingerprint density at radius 1 is 1.32 bits per heavy atom. The van der Waals surface area contributed by atoms with Crippen LogP contribution in [0.25, 0.3) is 10.2 Å². The van der Waals surface area contributed by atoms with Crippen LogP contribution in [-0.2, 0) is 6.54 Å². The van der Waals surface area contributed by atoms with E-state index in [0.717, 1.165) is 16.0 Å². The molecule has 2 N–H and O–H groups in total. The molecule has 0 aliphatic carbocycles. The Balaban J connectivity index is 1.76. The fourth-order valence-corrected chi connectivity index (χ4v) is 3.03. The number of rotatable bonds is 4. The molecular formula is C16H14N2O3S. The van der Waals surface area contributed by atoms with E-state index in [1.807, 2.05) is 24.3 Å². The van der Waals surface area contributed by atoms with Gasteiger partial charge < -0.3 is 15.2 Å². The molecule has 3 rings (SSSR count). The number of fused-ring (bicyclic) bond motifs is 1. The first-order chi connectivity index (χ1) is 10.7. The van der Waals surface area contributed by atoms with Crippen molar-refractivity contribution < 1.29 is 14.6 Å². The van der Waals surface area contributed by atoms with E-state index in [0.29, 0.717) is 17.1 Å². The fraction of sp³-hybridized carbons (Fsp3) is 0.125. The van der Waals surface area contributed by atoms with E-state index < -0.39 is 0 Å². The predicted molar refractivity (Wildman–Crippen MR) is 85.4 cm³/mol. The second-order valence-electron chi connectivity index (χ2n) is 4.67. The minimum atomic E-state index is -0.244. The number of hydrogen-bond acceptors (Lipinski definition) is 5. The minimum Gasteiger partial charge on any atom is -0.508 e. The highest BCUT2D eigenvalue weighted by Gasteiger charge is 2.13. The molecule has 0 spiro atoms. The summed E-state index contributed by atoms with van der Waals surface area (Å²) < 4.78 is 6.03. The number of methoxy groups -OCH3 is 1. The summed E-state index contributed by atoms with van der Waals surface area (Å²) in [6.07, 6.45) is 0. The van der Waals surface area contributed by atoms with Crippen molar-refractivity contribution in [3.63, 3.8) is 0 Å². The topological polar surface area (TPSA) is 71.5 Å². The van der Waals surface area contributed by atoms with Crippen molar-refractivity contribution in [2.45, 2.75) is 6.54 Å². The number of nitrogens with one attached hydrogen (secondary N) is 1. The number of hydrogen-bond donors (Lipinski definition) is 2. The van der Waals surface area contributed by atoms with E-state index in [-0.39, 0.29) is 11.7 Å². The Kier molecular flexibility index (Phi) is 3.93. The Bertz CT molecular complexity index is 829. The van der Waals surface area contributed by atoms with E-state index in [1.165, 1.54) is 11.3 Å². The van der Waals surface area contributed by atoms with Crippen LogP contribution in [0.1, 0.15) is 15.4 Å².